The summed E-state index contributed by atoms with van der Waals surface area (Å²) >= 11 is 0. The van der Waals surface area contributed by atoms with Crippen LogP contribution in [0.5, 0.6) is 11.5 Å². The normalized spacial score (nSPS) is 9.74. The minimum atomic E-state index is 0.413. The Kier molecular flexibility index (Phi) is 4.04. The summed E-state index contributed by atoms with van der Waals surface area (Å²) in [7, 11) is 1.63. The van der Waals surface area contributed by atoms with E-state index in [0.29, 0.717) is 17.9 Å². The molecule has 3 nitrogen and oxygen atoms in total. The van der Waals surface area contributed by atoms with Crippen molar-refractivity contribution in [3.63, 3.8) is 0 Å². The maximum absolute atomic E-state index is 9.07. The number of methoxy groups -OCH3 is 1. The minimum Gasteiger partial charge on any atom is -0.497 e. The summed E-state index contributed by atoms with van der Waals surface area (Å²) in [4.78, 5) is 0. The number of hydrogen-bond acceptors (Lipinski definition) is 3. The zero-order chi connectivity index (χ0) is 13.7. The topological polar surface area (TPSA) is 42.2 Å². The molecule has 0 saturated carbocycles. The zero-order valence-electron chi connectivity index (χ0n) is 11.0. The number of aryl methyl sites for hydroxylation is 1. The van der Waals surface area contributed by atoms with E-state index < -0.39 is 0 Å². The Morgan fingerprint density at radius 1 is 1.16 bits per heavy atom. The van der Waals surface area contributed by atoms with E-state index in [-0.39, 0.29) is 0 Å². The quantitative estimate of drug-likeness (QED) is 0.838. The van der Waals surface area contributed by atoms with Gasteiger partial charge in [-0.1, -0.05) is 24.3 Å². The van der Waals surface area contributed by atoms with Gasteiger partial charge in [0.2, 0.25) is 0 Å². The number of rotatable bonds is 4. The van der Waals surface area contributed by atoms with Crippen LogP contribution in [0.15, 0.2) is 42.5 Å². The second kappa shape index (κ2) is 5.92. The van der Waals surface area contributed by atoms with E-state index in [2.05, 4.69) is 6.07 Å². The SMILES string of the molecule is COc1cccc(COc2c(C)cccc2C#N)c1. The summed E-state index contributed by atoms with van der Waals surface area (Å²) in [6, 6.07) is 15.4. The first-order chi connectivity index (χ1) is 9.24. The molecule has 0 aliphatic carbocycles. The number of nitriles is 1. The highest BCUT2D eigenvalue weighted by molar-refractivity contribution is 5.48. The molecular formula is C16H15NO2. The van der Waals surface area contributed by atoms with Gasteiger partial charge in [-0.15, -0.1) is 0 Å². The van der Waals surface area contributed by atoms with Crippen LogP contribution in [0.25, 0.3) is 0 Å². The van der Waals surface area contributed by atoms with Crippen LogP contribution in [0.1, 0.15) is 16.7 Å². The van der Waals surface area contributed by atoms with Crippen LogP contribution >= 0.6 is 0 Å². The van der Waals surface area contributed by atoms with Gasteiger partial charge in [0.25, 0.3) is 0 Å². The molecule has 0 unspecified atom stereocenters. The van der Waals surface area contributed by atoms with Crippen molar-refractivity contribution < 1.29 is 9.47 Å². The van der Waals surface area contributed by atoms with Crippen molar-refractivity contribution in [3.8, 4) is 17.6 Å². The molecule has 0 aliphatic rings. The molecule has 3 heteroatoms. The van der Waals surface area contributed by atoms with Crippen molar-refractivity contribution in [2.75, 3.05) is 7.11 Å². The summed E-state index contributed by atoms with van der Waals surface area (Å²) in [6.07, 6.45) is 0. The van der Waals surface area contributed by atoms with Crippen LogP contribution in [0.4, 0.5) is 0 Å². The predicted molar refractivity (Wildman–Crippen MR) is 73.2 cm³/mol. The maximum atomic E-state index is 9.07. The molecule has 0 radical (unpaired) electrons. The average Bonchev–Trinajstić information content (AvgIpc) is 2.46. The Hall–Kier alpha value is -2.47. The van der Waals surface area contributed by atoms with Gasteiger partial charge in [0.15, 0.2) is 0 Å². The van der Waals surface area contributed by atoms with Crippen molar-refractivity contribution in [3.05, 3.63) is 59.2 Å². The highest BCUT2D eigenvalue weighted by Gasteiger charge is 2.06. The fourth-order valence-electron chi connectivity index (χ4n) is 1.85. The second-order valence-electron chi connectivity index (χ2n) is 4.20. The van der Waals surface area contributed by atoms with E-state index in [1.54, 1.807) is 13.2 Å². The Morgan fingerprint density at radius 3 is 2.68 bits per heavy atom. The van der Waals surface area contributed by atoms with Gasteiger partial charge in [-0.05, 0) is 36.2 Å². The van der Waals surface area contributed by atoms with E-state index in [1.807, 2.05) is 43.3 Å². The first kappa shape index (κ1) is 13.0. The van der Waals surface area contributed by atoms with Gasteiger partial charge in [0, 0.05) is 0 Å². The largest absolute Gasteiger partial charge is 0.497 e. The van der Waals surface area contributed by atoms with Crippen molar-refractivity contribution in [1.29, 1.82) is 5.26 Å². The van der Waals surface area contributed by atoms with Crippen LogP contribution in [-0.4, -0.2) is 7.11 Å². The molecular weight excluding hydrogens is 238 g/mol. The van der Waals surface area contributed by atoms with Crippen molar-refractivity contribution >= 4 is 0 Å². The first-order valence-electron chi connectivity index (χ1n) is 6.00. The van der Waals surface area contributed by atoms with Crippen LogP contribution in [0.3, 0.4) is 0 Å². The van der Waals surface area contributed by atoms with E-state index >= 15 is 0 Å². The molecule has 0 aliphatic heterocycles. The highest BCUT2D eigenvalue weighted by atomic mass is 16.5. The monoisotopic (exact) mass is 253 g/mol. The first-order valence-corrected chi connectivity index (χ1v) is 6.00. The molecule has 0 atom stereocenters. The average molecular weight is 253 g/mol. The van der Waals surface area contributed by atoms with Crippen molar-refractivity contribution in [1.82, 2.24) is 0 Å². The smallest absolute Gasteiger partial charge is 0.140 e. The van der Waals surface area contributed by atoms with Crippen LogP contribution in [0.2, 0.25) is 0 Å². The Labute approximate surface area is 113 Å². The third-order valence-corrected chi connectivity index (χ3v) is 2.85. The van der Waals surface area contributed by atoms with Crippen LogP contribution in [-0.2, 0) is 6.61 Å². The molecule has 0 heterocycles. The number of hydrogen-bond donors (Lipinski definition) is 0. The van der Waals surface area contributed by atoms with Gasteiger partial charge < -0.3 is 9.47 Å². The predicted octanol–water partition coefficient (Wildman–Crippen LogP) is 3.45. The van der Waals surface area contributed by atoms with Gasteiger partial charge in [0.05, 0.1) is 12.7 Å². The Morgan fingerprint density at radius 2 is 1.95 bits per heavy atom. The molecule has 0 spiro atoms. The summed E-state index contributed by atoms with van der Waals surface area (Å²) in [5, 5.41) is 9.07. The lowest BCUT2D eigenvalue weighted by atomic mass is 10.1. The second-order valence-corrected chi connectivity index (χ2v) is 4.20. The number of nitrogens with zero attached hydrogens (tertiary/aromatic N) is 1. The third kappa shape index (κ3) is 3.05. The van der Waals surface area contributed by atoms with Gasteiger partial charge in [-0.25, -0.2) is 0 Å². The fraction of sp³-hybridized carbons (Fsp3) is 0.188. The molecule has 19 heavy (non-hydrogen) atoms. The van der Waals surface area contributed by atoms with Gasteiger partial charge in [-0.3, -0.25) is 0 Å². The maximum Gasteiger partial charge on any atom is 0.140 e. The molecule has 2 aromatic rings. The van der Waals surface area contributed by atoms with E-state index in [4.69, 9.17) is 14.7 Å². The Balaban J connectivity index is 2.17. The van der Waals surface area contributed by atoms with Gasteiger partial charge in [-0.2, -0.15) is 5.26 Å². The molecule has 0 bridgehead atoms. The molecule has 0 amide bonds. The van der Waals surface area contributed by atoms with E-state index in [0.717, 1.165) is 16.9 Å². The highest BCUT2D eigenvalue weighted by Crippen LogP contribution is 2.24. The molecule has 2 aromatic carbocycles. The lowest BCUT2D eigenvalue weighted by Crippen LogP contribution is -1.99. The molecule has 0 N–H and O–H groups in total. The summed E-state index contributed by atoms with van der Waals surface area (Å²) < 4.78 is 10.9. The summed E-state index contributed by atoms with van der Waals surface area (Å²) in [5.74, 6) is 1.44. The lowest BCUT2D eigenvalue weighted by molar-refractivity contribution is 0.302. The summed E-state index contributed by atoms with van der Waals surface area (Å²) in [6.45, 7) is 2.35. The molecule has 0 saturated heterocycles. The molecule has 0 aromatic heterocycles. The fourth-order valence-corrected chi connectivity index (χ4v) is 1.85. The Bertz CT molecular complexity index is 614. The van der Waals surface area contributed by atoms with Crippen molar-refractivity contribution in [2.45, 2.75) is 13.5 Å². The summed E-state index contributed by atoms with van der Waals surface area (Å²) in [5.41, 5.74) is 2.52. The molecule has 2 rings (SSSR count). The zero-order valence-corrected chi connectivity index (χ0v) is 11.0. The number of benzene rings is 2. The van der Waals surface area contributed by atoms with E-state index in [9.17, 15) is 0 Å². The molecule has 0 fully saturated rings. The lowest BCUT2D eigenvalue weighted by Gasteiger charge is -2.11. The van der Waals surface area contributed by atoms with Gasteiger partial charge >= 0.3 is 0 Å². The third-order valence-electron chi connectivity index (χ3n) is 2.85. The molecule has 96 valence electrons. The number of para-hydroxylation sites is 1. The number of ether oxygens (including phenoxy) is 2. The van der Waals surface area contributed by atoms with Crippen LogP contribution in [0, 0.1) is 18.3 Å². The van der Waals surface area contributed by atoms with Crippen LogP contribution < -0.4 is 9.47 Å². The van der Waals surface area contributed by atoms with E-state index in [1.165, 1.54) is 0 Å². The van der Waals surface area contributed by atoms with Gasteiger partial charge in [0.1, 0.15) is 24.2 Å². The minimum absolute atomic E-state index is 0.413. The van der Waals surface area contributed by atoms with Crippen molar-refractivity contribution in [2.24, 2.45) is 0 Å². The standard InChI is InChI=1S/C16H15NO2/c1-12-5-3-7-14(10-17)16(12)19-11-13-6-4-8-15(9-13)18-2/h3-9H,11H2,1-2H3.